The lowest BCUT2D eigenvalue weighted by Gasteiger charge is -2.13. The van der Waals surface area contributed by atoms with Crippen LogP contribution < -0.4 is 10.6 Å². The Labute approximate surface area is 73.9 Å². The molecule has 0 radical (unpaired) electrons. The molecule has 1 aliphatic rings. The molecule has 1 rings (SSSR count). The van der Waals surface area contributed by atoms with E-state index in [2.05, 4.69) is 10.6 Å². The lowest BCUT2D eigenvalue weighted by atomic mass is 10.0. The molecule has 12 heavy (non-hydrogen) atoms. The molecule has 0 aliphatic carbocycles. The second-order valence-corrected chi connectivity index (χ2v) is 3.50. The highest BCUT2D eigenvalue weighted by Gasteiger charge is 2.11. The van der Waals surface area contributed by atoms with E-state index in [0.29, 0.717) is 5.92 Å². The molecule has 0 aromatic carbocycles. The molecule has 0 aromatic heterocycles. The van der Waals surface area contributed by atoms with E-state index in [0.717, 1.165) is 19.6 Å². The van der Waals surface area contributed by atoms with Crippen molar-refractivity contribution in [3.63, 3.8) is 0 Å². The molecule has 2 N–H and O–H groups in total. The van der Waals surface area contributed by atoms with Gasteiger partial charge in [-0.05, 0) is 31.8 Å². The maximum atomic E-state index is 10.6. The van der Waals surface area contributed by atoms with E-state index in [1.807, 2.05) is 0 Å². The first-order valence-electron chi connectivity index (χ1n) is 4.74. The molecule has 70 valence electrons. The van der Waals surface area contributed by atoms with Gasteiger partial charge in [-0.3, -0.25) is 4.79 Å². The number of carbonyl (C=O) groups excluding carboxylic acids is 1. The quantitative estimate of drug-likeness (QED) is 0.634. The molecule has 1 saturated heterocycles. The van der Waals surface area contributed by atoms with E-state index in [4.69, 9.17) is 0 Å². The molecule has 0 spiro atoms. The molecule has 1 atom stereocenters. The summed E-state index contributed by atoms with van der Waals surface area (Å²) in [5.74, 6) is 0.718. The van der Waals surface area contributed by atoms with Gasteiger partial charge in [0.05, 0.1) is 0 Å². The van der Waals surface area contributed by atoms with E-state index in [-0.39, 0.29) is 5.91 Å². The van der Waals surface area contributed by atoms with Gasteiger partial charge in [-0.1, -0.05) is 6.42 Å². The number of nitrogens with one attached hydrogen (secondary N) is 2. The second kappa shape index (κ2) is 5.14. The van der Waals surface area contributed by atoms with Crippen LogP contribution in [0.25, 0.3) is 0 Å². The van der Waals surface area contributed by atoms with Gasteiger partial charge in [0.1, 0.15) is 0 Å². The zero-order chi connectivity index (χ0) is 8.81. The summed E-state index contributed by atoms with van der Waals surface area (Å²) in [4.78, 5) is 10.6. The Hall–Kier alpha value is -0.570. The smallest absolute Gasteiger partial charge is 0.216 e. The average molecular weight is 170 g/mol. The van der Waals surface area contributed by atoms with Crippen molar-refractivity contribution in [2.75, 3.05) is 19.6 Å². The van der Waals surface area contributed by atoms with Crippen LogP contribution in [0, 0.1) is 5.92 Å². The molecule has 1 heterocycles. The van der Waals surface area contributed by atoms with Crippen LogP contribution in [0.15, 0.2) is 0 Å². The van der Waals surface area contributed by atoms with Crippen molar-refractivity contribution in [2.45, 2.75) is 26.2 Å². The van der Waals surface area contributed by atoms with Crippen LogP contribution in [-0.2, 0) is 4.79 Å². The number of amides is 1. The Bertz CT molecular complexity index is 139. The molecule has 3 nitrogen and oxygen atoms in total. The molecule has 0 aromatic rings. The van der Waals surface area contributed by atoms with Gasteiger partial charge in [0.15, 0.2) is 0 Å². The maximum Gasteiger partial charge on any atom is 0.216 e. The normalized spacial score (nSPS) is 24.6. The topological polar surface area (TPSA) is 41.1 Å². The van der Waals surface area contributed by atoms with Crippen LogP contribution in [0.3, 0.4) is 0 Å². The van der Waals surface area contributed by atoms with Crippen LogP contribution in [0.2, 0.25) is 0 Å². The first kappa shape index (κ1) is 9.52. The highest BCUT2D eigenvalue weighted by molar-refractivity contribution is 5.72. The van der Waals surface area contributed by atoms with E-state index in [1.54, 1.807) is 6.92 Å². The molecular weight excluding hydrogens is 152 g/mol. The first-order chi connectivity index (χ1) is 5.79. The SMILES string of the molecule is CC(=O)NCC1CCCCNC1. The van der Waals surface area contributed by atoms with Gasteiger partial charge in [-0.25, -0.2) is 0 Å². The summed E-state index contributed by atoms with van der Waals surface area (Å²) in [5, 5.41) is 6.23. The van der Waals surface area contributed by atoms with E-state index in [9.17, 15) is 4.79 Å². The fourth-order valence-corrected chi connectivity index (χ4v) is 1.55. The lowest BCUT2D eigenvalue weighted by Crippen LogP contribution is -2.32. The van der Waals surface area contributed by atoms with Crippen LogP contribution in [-0.4, -0.2) is 25.5 Å². The van der Waals surface area contributed by atoms with Crippen molar-refractivity contribution in [1.29, 1.82) is 0 Å². The number of carbonyl (C=O) groups is 1. The summed E-state index contributed by atoms with van der Waals surface area (Å²) >= 11 is 0. The zero-order valence-corrected chi connectivity index (χ0v) is 7.73. The summed E-state index contributed by atoms with van der Waals surface area (Å²) < 4.78 is 0. The van der Waals surface area contributed by atoms with E-state index in [1.165, 1.54) is 19.3 Å². The van der Waals surface area contributed by atoms with Gasteiger partial charge >= 0.3 is 0 Å². The largest absolute Gasteiger partial charge is 0.356 e. The minimum Gasteiger partial charge on any atom is -0.356 e. The number of rotatable bonds is 2. The highest BCUT2D eigenvalue weighted by Crippen LogP contribution is 2.09. The molecule has 3 heteroatoms. The Balaban J connectivity index is 2.16. The fourth-order valence-electron chi connectivity index (χ4n) is 1.55. The molecule has 1 fully saturated rings. The Morgan fingerprint density at radius 1 is 1.58 bits per heavy atom. The van der Waals surface area contributed by atoms with E-state index < -0.39 is 0 Å². The van der Waals surface area contributed by atoms with Crippen molar-refractivity contribution in [3.8, 4) is 0 Å². The third-order valence-corrected chi connectivity index (χ3v) is 2.29. The molecule has 1 amide bonds. The minimum absolute atomic E-state index is 0.0826. The Morgan fingerprint density at radius 2 is 2.42 bits per heavy atom. The van der Waals surface area contributed by atoms with Crippen LogP contribution in [0.1, 0.15) is 26.2 Å². The lowest BCUT2D eigenvalue weighted by molar-refractivity contribution is -0.119. The van der Waals surface area contributed by atoms with Gasteiger partial charge in [0.25, 0.3) is 0 Å². The van der Waals surface area contributed by atoms with Crippen molar-refractivity contribution >= 4 is 5.91 Å². The standard InChI is InChI=1S/C9H18N2O/c1-8(12)11-7-9-4-2-3-5-10-6-9/h9-10H,2-7H2,1H3,(H,11,12). The van der Waals surface area contributed by atoms with Crippen LogP contribution >= 0.6 is 0 Å². The van der Waals surface area contributed by atoms with Crippen LogP contribution in [0.5, 0.6) is 0 Å². The predicted molar refractivity (Wildman–Crippen MR) is 48.9 cm³/mol. The van der Waals surface area contributed by atoms with Crippen molar-refractivity contribution in [1.82, 2.24) is 10.6 Å². The third-order valence-electron chi connectivity index (χ3n) is 2.29. The Morgan fingerprint density at radius 3 is 3.17 bits per heavy atom. The van der Waals surface area contributed by atoms with Crippen molar-refractivity contribution in [2.24, 2.45) is 5.92 Å². The molecule has 1 unspecified atom stereocenters. The minimum atomic E-state index is 0.0826. The summed E-state index contributed by atoms with van der Waals surface area (Å²) in [5.41, 5.74) is 0. The van der Waals surface area contributed by atoms with E-state index >= 15 is 0 Å². The Kier molecular flexibility index (Phi) is 4.08. The average Bonchev–Trinajstić information content (AvgIpc) is 2.28. The molecule has 0 saturated carbocycles. The van der Waals surface area contributed by atoms with Crippen molar-refractivity contribution in [3.05, 3.63) is 0 Å². The van der Waals surface area contributed by atoms with Gasteiger partial charge in [0.2, 0.25) is 5.91 Å². The van der Waals surface area contributed by atoms with Crippen LogP contribution in [0.4, 0.5) is 0 Å². The third kappa shape index (κ3) is 3.72. The second-order valence-electron chi connectivity index (χ2n) is 3.50. The molecule has 0 bridgehead atoms. The monoisotopic (exact) mass is 170 g/mol. The van der Waals surface area contributed by atoms with Gasteiger partial charge in [-0.15, -0.1) is 0 Å². The fraction of sp³-hybridized carbons (Fsp3) is 0.889. The zero-order valence-electron chi connectivity index (χ0n) is 7.73. The number of hydrogen-bond acceptors (Lipinski definition) is 2. The summed E-state index contributed by atoms with van der Waals surface area (Å²) in [6.07, 6.45) is 3.81. The number of hydrogen-bond donors (Lipinski definition) is 2. The molecular formula is C9H18N2O. The highest BCUT2D eigenvalue weighted by atomic mass is 16.1. The first-order valence-corrected chi connectivity index (χ1v) is 4.74. The predicted octanol–water partition coefficient (Wildman–Crippen LogP) is 0.512. The van der Waals surface area contributed by atoms with Gasteiger partial charge in [-0.2, -0.15) is 0 Å². The van der Waals surface area contributed by atoms with Gasteiger partial charge < -0.3 is 10.6 Å². The summed E-state index contributed by atoms with van der Waals surface area (Å²) in [6, 6.07) is 0. The molecule has 1 aliphatic heterocycles. The summed E-state index contributed by atoms with van der Waals surface area (Å²) in [7, 11) is 0. The maximum absolute atomic E-state index is 10.6. The van der Waals surface area contributed by atoms with Gasteiger partial charge in [0, 0.05) is 13.5 Å². The van der Waals surface area contributed by atoms with Crippen molar-refractivity contribution < 1.29 is 4.79 Å². The summed E-state index contributed by atoms with van der Waals surface area (Å²) in [6.45, 7) is 4.60.